The second-order valence-corrected chi connectivity index (χ2v) is 4.89. The van der Waals surface area contributed by atoms with Crippen molar-refractivity contribution in [2.75, 3.05) is 19.7 Å². The highest BCUT2D eigenvalue weighted by atomic mass is 16.5. The summed E-state index contributed by atoms with van der Waals surface area (Å²) in [6.45, 7) is 6.53. The monoisotopic (exact) mass is 227 g/mol. The van der Waals surface area contributed by atoms with Gasteiger partial charge in [-0.25, -0.2) is 0 Å². The topological polar surface area (TPSA) is 49.8 Å². The van der Waals surface area contributed by atoms with Gasteiger partial charge in [-0.3, -0.25) is 9.69 Å². The van der Waals surface area contributed by atoms with Crippen LogP contribution in [0.5, 0.6) is 0 Å². The lowest BCUT2D eigenvalue weighted by molar-refractivity contribution is -0.163. The average molecular weight is 227 g/mol. The fourth-order valence-electron chi connectivity index (χ4n) is 3.19. The molecule has 1 saturated carbocycles. The summed E-state index contributed by atoms with van der Waals surface area (Å²) in [7, 11) is 0. The van der Waals surface area contributed by atoms with Crippen LogP contribution in [0.4, 0.5) is 0 Å². The molecular weight excluding hydrogens is 206 g/mol. The molecule has 92 valence electrons. The van der Waals surface area contributed by atoms with E-state index in [0.717, 1.165) is 19.7 Å². The Morgan fingerprint density at radius 2 is 2.06 bits per heavy atom. The summed E-state index contributed by atoms with van der Waals surface area (Å²) < 4.78 is 5.69. The van der Waals surface area contributed by atoms with Gasteiger partial charge >= 0.3 is 5.97 Å². The van der Waals surface area contributed by atoms with Gasteiger partial charge in [-0.1, -0.05) is 6.92 Å². The van der Waals surface area contributed by atoms with Crippen molar-refractivity contribution >= 4 is 5.97 Å². The number of hydrogen-bond donors (Lipinski definition) is 1. The van der Waals surface area contributed by atoms with E-state index in [1.807, 2.05) is 13.8 Å². The van der Waals surface area contributed by atoms with Crippen molar-refractivity contribution < 1.29 is 14.6 Å². The first kappa shape index (κ1) is 11.9. The molecular formula is C12H21NO3. The molecule has 2 heterocycles. The summed E-state index contributed by atoms with van der Waals surface area (Å²) in [6.07, 6.45) is 2.30. The van der Waals surface area contributed by atoms with Crippen LogP contribution in [-0.4, -0.2) is 47.8 Å². The van der Waals surface area contributed by atoms with Gasteiger partial charge in [-0.15, -0.1) is 0 Å². The third-order valence-electron chi connectivity index (χ3n) is 3.94. The highest BCUT2D eigenvalue weighted by molar-refractivity contribution is 5.73. The first-order valence-electron chi connectivity index (χ1n) is 6.25. The molecule has 4 heteroatoms. The van der Waals surface area contributed by atoms with Gasteiger partial charge in [0, 0.05) is 19.7 Å². The van der Waals surface area contributed by atoms with Crippen LogP contribution < -0.4 is 0 Å². The smallest absolute Gasteiger partial charge is 0.320 e. The van der Waals surface area contributed by atoms with Crippen LogP contribution in [0.3, 0.4) is 0 Å². The third-order valence-corrected chi connectivity index (χ3v) is 3.94. The molecule has 0 radical (unpaired) electrons. The number of ether oxygens (including phenoxy) is 1. The van der Waals surface area contributed by atoms with Crippen LogP contribution in [-0.2, 0) is 9.53 Å². The predicted molar refractivity (Wildman–Crippen MR) is 60.3 cm³/mol. The van der Waals surface area contributed by atoms with Crippen LogP contribution >= 0.6 is 0 Å². The second-order valence-electron chi connectivity index (χ2n) is 4.89. The van der Waals surface area contributed by atoms with Crippen LogP contribution in [0.2, 0.25) is 0 Å². The molecule has 0 aromatic heterocycles. The van der Waals surface area contributed by atoms with E-state index in [1.54, 1.807) is 0 Å². The molecule has 0 spiro atoms. The van der Waals surface area contributed by atoms with Gasteiger partial charge in [0.05, 0.1) is 6.10 Å². The lowest BCUT2D eigenvalue weighted by Gasteiger charge is -2.54. The standard InChI is InChI=1S/C12H21NO3/c1-3-10(12(14)15)13-6-8-5-9(7-13)11(8)16-4-2/h8-11H,3-7H2,1-2H3,(H,14,15). The summed E-state index contributed by atoms with van der Waals surface area (Å²) in [5, 5.41) is 9.12. The molecule has 3 rings (SSSR count). The Morgan fingerprint density at radius 3 is 2.50 bits per heavy atom. The third kappa shape index (κ3) is 1.96. The quantitative estimate of drug-likeness (QED) is 0.767. The van der Waals surface area contributed by atoms with Crippen molar-refractivity contribution in [3.05, 3.63) is 0 Å². The molecule has 1 aliphatic carbocycles. The number of piperidine rings is 2. The first-order valence-corrected chi connectivity index (χ1v) is 6.25. The molecule has 0 aromatic carbocycles. The Bertz CT molecular complexity index is 257. The minimum Gasteiger partial charge on any atom is -0.480 e. The predicted octanol–water partition coefficient (Wildman–Crippen LogP) is 1.21. The van der Waals surface area contributed by atoms with E-state index >= 15 is 0 Å². The number of rotatable bonds is 5. The second kappa shape index (κ2) is 4.72. The fraction of sp³-hybridized carbons (Fsp3) is 0.917. The Morgan fingerprint density at radius 1 is 1.44 bits per heavy atom. The van der Waals surface area contributed by atoms with Crippen molar-refractivity contribution in [3.63, 3.8) is 0 Å². The molecule has 3 aliphatic rings. The molecule has 0 amide bonds. The zero-order valence-electron chi connectivity index (χ0n) is 10.1. The maximum atomic E-state index is 11.1. The van der Waals surface area contributed by atoms with Crippen molar-refractivity contribution in [1.82, 2.24) is 4.90 Å². The molecule has 2 aliphatic heterocycles. The van der Waals surface area contributed by atoms with Crippen LogP contribution in [0, 0.1) is 11.8 Å². The van der Waals surface area contributed by atoms with Gasteiger partial charge in [0.1, 0.15) is 6.04 Å². The Balaban J connectivity index is 1.92. The normalized spacial score (nSPS) is 35.5. The number of fused-ring (bicyclic) bond motifs is 2. The summed E-state index contributed by atoms with van der Waals surface area (Å²) in [5.74, 6) is 0.441. The van der Waals surface area contributed by atoms with Crippen LogP contribution in [0.1, 0.15) is 26.7 Å². The first-order chi connectivity index (χ1) is 7.67. The number of carboxylic acid groups (broad SMARTS) is 1. The maximum absolute atomic E-state index is 11.1. The molecule has 3 atom stereocenters. The average Bonchev–Trinajstić information content (AvgIpc) is 2.26. The molecule has 3 unspecified atom stereocenters. The zero-order valence-corrected chi connectivity index (χ0v) is 10.1. The lowest BCUT2D eigenvalue weighted by atomic mass is 9.67. The number of aliphatic carboxylic acids is 1. The van der Waals surface area contributed by atoms with E-state index in [1.165, 1.54) is 6.42 Å². The Hall–Kier alpha value is -0.610. The van der Waals surface area contributed by atoms with Gasteiger partial charge in [-0.05, 0) is 31.6 Å². The van der Waals surface area contributed by atoms with Gasteiger partial charge in [-0.2, -0.15) is 0 Å². The summed E-state index contributed by atoms with van der Waals surface area (Å²) in [6, 6.07) is -0.298. The molecule has 2 bridgehead atoms. The largest absolute Gasteiger partial charge is 0.480 e. The Kier molecular flexibility index (Phi) is 3.50. The summed E-state index contributed by atoms with van der Waals surface area (Å²) in [4.78, 5) is 13.2. The molecule has 4 nitrogen and oxygen atoms in total. The molecule has 0 aromatic rings. The minimum atomic E-state index is -0.684. The number of carboxylic acids is 1. The molecule has 2 saturated heterocycles. The summed E-state index contributed by atoms with van der Waals surface area (Å²) >= 11 is 0. The van der Waals surface area contributed by atoms with E-state index < -0.39 is 5.97 Å². The number of carbonyl (C=O) groups is 1. The van der Waals surface area contributed by atoms with Crippen molar-refractivity contribution in [2.45, 2.75) is 38.8 Å². The van der Waals surface area contributed by atoms with E-state index in [2.05, 4.69) is 4.90 Å². The molecule has 3 fully saturated rings. The zero-order chi connectivity index (χ0) is 11.7. The van der Waals surface area contributed by atoms with Gasteiger partial charge in [0.15, 0.2) is 0 Å². The SMILES string of the molecule is CCOC1C2CC1CN(C(CC)C(=O)O)C2. The maximum Gasteiger partial charge on any atom is 0.320 e. The highest BCUT2D eigenvalue weighted by Gasteiger charge is 2.49. The Labute approximate surface area is 96.6 Å². The van der Waals surface area contributed by atoms with Crippen LogP contribution in [0.25, 0.3) is 0 Å². The van der Waals surface area contributed by atoms with E-state index in [0.29, 0.717) is 24.4 Å². The van der Waals surface area contributed by atoms with Crippen LogP contribution in [0.15, 0.2) is 0 Å². The minimum absolute atomic E-state index is 0.298. The summed E-state index contributed by atoms with van der Waals surface area (Å²) in [5.41, 5.74) is 0. The van der Waals surface area contributed by atoms with Gasteiger partial charge in [0.25, 0.3) is 0 Å². The van der Waals surface area contributed by atoms with Gasteiger partial charge in [0.2, 0.25) is 0 Å². The van der Waals surface area contributed by atoms with Crippen molar-refractivity contribution in [2.24, 2.45) is 11.8 Å². The van der Waals surface area contributed by atoms with E-state index in [-0.39, 0.29) is 6.04 Å². The fourth-order valence-corrected chi connectivity index (χ4v) is 3.19. The van der Waals surface area contributed by atoms with E-state index in [4.69, 9.17) is 9.84 Å². The molecule has 1 N–H and O–H groups in total. The lowest BCUT2D eigenvalue weighted by Crippen LogP contribution is -2.62. The number of hydrogen-bond acceptors (Lipinski definition) is 3. The number of nitrogens with zero attached hydrogens (tertiary/aromatic N) is 1. The molecule has 16 heavy (non-hydrogen) atoms. The van der Waals surface area contributed by atoms with E-state index in [9.17, 15) is 4.79 Å². The van der Waals surface area contributed by atoms with Crippen molar-refractivity contribution in [1.29, 1.82) is 0 Å². The van der Waals surface area contributed by atoms with Crippen molar-refractivity contribution in [3.8, 4) is 0 Å². The highest BCUT2D eigenvalue weighted by Crippen LogP contribution is 2.42. The van der Waals surface area contributed by atoms with Gasteiger partial charge < -0.3 is 9.84 Å².